The SMILES string of the molecule is CC(C)(C)n1cnc(C(=O)N2CCCCC(N3CCCC3)C2)n1. The predicted molar refractivity (Wildman–Crippen MR) is 89.4 cm³/mol. The predicted octanol–water partition coefficient (Wildman–Crippen LogP) is 2.12. The Morgan fingerprint density at radius 1 is 1.13 bits per heavy atom. The lowest BCUT2D eigenvalue weighted by atomic mass is 10.1. The number of carbonyl (C=O) groups excluding carboxylic acids is 1. The van der Waals surface area contributed by atoms with Crippen LogP contribution in [0.5, 0.6) is 0 Å². The molecule has 23 heavy (non-hydrogen) atoms. The average Bonchev–Trinajstić information content (AvgIpc) is 3.14. The summed E-state index contributed by atoms with van der Waals surface area (Å²) in [6, 6.07) is 0.508. The largest absolute Gasteiger partial charge is 0.334 e. The molecule has 1 aromatic heterocycles. The highest BCUT2D eigenvalue weighted by Gasteiger charge is 2.30. The van der Waals surface area contributed by atoms with Crippen LogP contribution in [0, 0.1) is 0 Å². The molecule has 6 heteroatoms. The molecule has 0 saturated carbocycles. The Morgan fingerprint density at radius 2 is 1.83 bits per heavy atom. The molecular weight excluding hydrogens is 290 g/mol. The van der Waals surface area contributed by atoms with Crippen molar-refractivity contribution in [3.05, 3.63) is 12.2 Å². The van der Waals surface area contributed by atoms with Gasteiger partial charge >= 0.3 is 0 Å². The van der Waals surface area contributed by atoms with Crippen molar-refractivity contribution >= 4 is 5.91 Å². The van der Waals surface area contributed by atoms with E-state index < -0.39 is 0 Å². The summed E-state index contributed by atoms with van der Waals surface area (Å²) < 4.78 is 1.77. The summed E-state index contributed by atoms with van der Waals surface area (Å²) in [5, 5.41) is 4.41. The molecule has 2 aliphatic heterocycles. The molecule has 2 aliphatic rings. The maximum absolute atomic E-state index is 12.8. The summed E-state index contributed by atoms with van der Waals surface area (Å²) in [5.41, 5.74) is -0.150. The smallest absolute Gasteiger partial charge is 0.293 e. The number of rotatable bonds is 2. The Hall–Kier alpha value is -1.43. The average molecular weight is 319 g/mol. The lowest BCUT2D eigenvalue weighted by Gasteiger charge is -2.30. The molecule has 3 heterocycles. The van der Waals surface area contributed by atoms with E-state index in [0.717, 1.165) is 19.5 Å². The van der Waals surface area contributed by atoms with Gasteiger partial charge < -0.3 is 4.90 Å². The Balaban J connectivity index is 1.71. The standard InChI is InChI=1S/C17H29N5O/c1-17(2,3)22-13-18-15(19-22)16(23)21-11-5-4-8-14(12-21)20-9-6-7-10-20/h13-14H,4-12H2,1-3H3. The van der Waals surface area contributed by atoms with Gasteiger partial charge in [0.25, 0.3) is 5.91 Å². The molecule has 0 radical (unpaired) electrons. The van der Waals surface area contributed by atoms with E-state index in [-0.39, 0.29) is 11.4 Å². The molecule has 0 aromatic carbocycles. The van der Waals surface area contributed by atoms with Gasteiger partial charge in [-0.15, -0.1) is 5.10 Å². The van der Waals surface area contributed by atoms with E-state index >= 15 is 0 Å². The summed E-state index contributed by atoms with van der Waals surface area (Å²) in [6.45, 7) is 10.2. The summed E-state index contributed by atoms with van der Waals surface area (Å²) >= 11 is 0. The van der Waals surface area contributed by atoms with Gasteiger partial charge in [-0.25, -0.2) is 9.67 Å². The highest BCUT2D eigenvalue weighted by Crippen LogP contribution is 2.21. The molecular formula is C17H29N5O. The molecule has 2 saturated heterocycles. The van der Waals surface area contributed by atoms with E-state index in [4.69, 9.17) is 0 Å². The first kappa shape index (κ1) is 16.4. The summed E-state index contributed by atoms with van der Waals surface area (Å²) in [6.07, 6.45) is 7.74. The molecule has 3 rings (SSSR count). The van der Waals surface area contributed by atoms with Crippen LogP contribution in [0.15, 0.2) is 6.33 Å². The Kier molecular flexibility index (Phi) is 4.71. The van der Waals surface area contributed by atoms with E-state index in [1.165, 1.54) is 38.8 Å². The molecule has 0 bridgehead atoms. The van der Waals surface area contributed by atoms with Crippen LogP contribution >= 0.6 is 0 Å². The third-order valence-corrected chi connectivity index (χ3v) is 4.96. The number of amides is 1. The molecule has 2 fully saturated rings. The highest BCUT2D eigenvalue weighted by molar-refractivity contribution is 5.90. The van der Waals surface area contributed by atoms with E-state index in [1.807, 2.05) is 4.90 Å². The Morgan fingerprint density at radius 3 is 2.48 bits per heavy atom. The van der Waals surface area contributed by atoms with Gasteiger partial charge in [0.05, 0.1) is 5.54 Å². The maximum Gasteiger partial charge on any atom is 0.293 e. The summed E-state index contributed by atoms with van der Waals surface area (Å²) in [5.74, 6) is 0.320. The van der Waals surface area contributed by atoms with E-state index in [0.29, 0.717) is 11.9 Å². The molecule has 1 unspecified atom stereocenters. The second-order valence-electron chi connectivity index (χ2n) is 7.83. The quantitative estimate of drug-likeness (QED) is 0.838. The van der Waals surface area contributed by atoms with Gasteiger partial charge in [-0.1, -0.05) is 6.42 Å². The summed E-state index contributed by atoms with van der Waals surface area (Å²) in [7, 11) is 0. The molecule has 1 aromatic rings. The van der Waals surface area contributed by atoms with Crippen molar-refractivity contribution < 1.29 is 4.79 Å². The van der Waals surface area contributed by atoms with Crippen LogP contribution in [0.4, 0.5) is 0 Å². The zero-order chi connectivity index (χ0) is 16.4. The lowest BCUT2D eigenvalue weighted by molar-refractivity contribution is 0.0701. The Labute approximate surface area is 138 Å². The van der Waals surface area contributed by atoms with Crippen LogP contribution in [0.25, 0.3) is 0 Å². The third-order valence-electron chi connectivity index (χ3n) is 4.96. The Bertz CT molecular complexity index is 541. The number of nitrogens with zero attached hydrogens (tertiary/aromatic N) is 5. The van der Waals surface area contributed by atoms with Gasteiger partial charge in [-0.05, 0) is 59.5 Å². The number of aromatic nitrogens is 3. The number of carbonyl (C=O) groups is 1. The molecule has 0 N–H and O–H groups in total. The van der Waals surface area contributed by atoms with Crippen molar-refractivity contribution in [1.29, 1.82) is 0 Å². The number of hydrogen-bond donors (Lipinski definition) is 0. The van der Waals surface area contributed by atoms with Gasteiger partial charge in [-0.3, -0.25) is 9.69 Å². The molecule has 1 atom stereocenters. The molecule has 0 aliphatic carbocycles. The van der Waals surface area contributed by atoms with E-state index in [2.05, 4.69) is 35.8 Å². The van der Waals surface area contributed by atoms with Crippen molar-refractivity contribution in [1.82, 2.24) is 24.6 Å². The van der Waals surface area contributed by atoms with Crippen molar-refractivity contribution in [3.63, 3.8) is 0 Å². The van der Waals surface area contributed by atoms with Crippen LogP contribution < -0.4 is 0 Å². The first-order valence-electron chi connectivity index (χ1n) is 8.90. The van der Waals surface area contributed by atoms with Crippen molar-refractivity contribution in [2.45, 2.75) is 64.5 Å². The zero-order valence-electron chi connectivity index (χ0n) is 14.7. The first-order chi connectivity index (χ1) is 10.9. The van der Waals surface area contributed by atoms with Gasteiger partial charge in [-0.2, -0.15) is 0 Å². The molecule has 0 spiro atoms. The fourth-order valence-electron chi connectivity index (χ4n) is 3.53. The fraction of sp³-hybridized carbons (Fsp3) is 0.824. The van der Waals surface area contributed by atoms with Crippen molar-refractivity contribution in [3.8, 4) is 0 Å². The van der Waals surface area contributed by atoms with E-state index in [1.54, 1.807) is 11.0 Å². The van der Waals surface area contributed by atoms with Crippen molar-refractivity contribution in [2.75, 3.05) is 26.2 Å². The van der Waals surface area contributed by atoms with Crippen LogP contribution in [-0.2, 0) is 5.54 Å². The minimum atomic E-state index is -0.150. The van der Waals surface area contributed by atoms with Crippen molar-refractivity contribution in [2.24, 2.45) is 0 Å². The highest BCUT2D eigenvalue weighted by atomic mass is 16.2. The van der Waals surface area contributed by atoms with Crippen LogP contribution in [-0.4, -0.2) is 62.7 Å². The topological polar surface area (TPSA) is 54.3 Å². The minimum absolute atomic E-state index is 0.0147. The van der Waals surface area contributed by atoms with Gasteiger partial charge in [0, 0.05) is 19.1 Å². The normalized spacial score (nSPS) is 24.0. The maximum atomic E-state index is 12.8. The third kappa shape index (κ3) is 3.74. The second-order valence-corrected chi connectivity index (χ2v) is 7.83. The second kappa shape index (κ2) is 6.59. The molecule has 1 amide bonds. The monoisotopic (exact) mass is 319 g/mol. The minimum Gasteiger partial charge on any atom is -0.334 e. The van der Waals surface area contributed by atoms with Gasteiger partial charge in [0.2, 0.25) is 5.82 Å². The van der Waals surface area contributed by atoms with Crippen LogP contribution in [0.3, 0.4) is 0 Å². The number of hydrogen-bond acceptors (Lipinski definition) is 4. The molecule has 6 nitrogen and oxygen atoms in total. The van der Waals surface area contributed by atoms with Gasteiger partial charge in [0.1, 0.15) is 6.33 Å². The number of likely N-dealkylation sites (tertiary alicyclic amines) is 2. The van der Waals surface area contributed by atoms with Crippen LogP contribution in [0.1, 0.15) is 63.5 Å². The summed E-state index contributed by atoms with van der Waals surface area (Å²) in [4.78, 5) is 21.6. The lowest BCUT2D eigenvalue weighted by Crippen LogP contribution is -2.44. The van der Waals surface area contributed by atoms with Gasteiger partial charge in [0.15, 0.2) is 0 Å². The zero-order valence-corrected chi connectivity index (χ0v) is 14.7. The first-order valence-corrected chi connectivity index (χ1v) is 8.90. The fourth-order valence-corrected chi connectivity index (χ4v) is 3.53. The van der Waals surface area contributed by atoms with Crippen LogP contribution in [0.2, 0.25) is 0 Å². The van der Waals surface area contributed by atoms with E-state index in [9.17, 15) is 4.79 Å². The molecule has 128 valence electrons.